The van der Waals surface area contributed by atoms with Gasteiger partial charge in [0, 0.05) is 22.8 Å². The van der Waals surface area contributed by atoms with Crippen molar-refractivity contribution in [3.05, 3.63) is 50.1 Å². The Morgan fingerprint density at radius 3 is 2.92 bits per heavy atom. The Morgan fingerprint density at radius 1 is 1.29 bits per heavy atom. The zero-order valence-corrected chi connectivity index (χ0v) is 15.5. The summed E-state index contributed by atoms with van der Waals surface area (Å²) in [6, 6.07) is 8.03. The molecule has 2 atom stereocenters. The molecule has 1 fully saturated rings. The number of rotatable bonds is 4. The van der Waals surface area contributed by atoms with Gasteiger partial charge in [0.2, 0.25) is 0 Å². The Bertz CT molecular complexity index is 772. The second-order valence-corrected chi connectivity index (χ2v) is 8.38. The number of hydrogen-bond acceptors (Lipinski definition) is 2. The van der Waals surface area contributed by atoms with Crippen LogP contribution < -0.4 is 10.2 Å². The van der Waals surface area contributed by atoms with Gasteiger partial charge in [-0.1, -0.05) is 29.3 Å². The Kier molecular flexibility index (Phi) is 4.56. The Morgan fingerprint density at radius 2 is 2.12 bits per heavy atom. The SMILES string of the molecule is O=C(C[NH+]1CCc2sccc2[C@H]1C1CC1)Nc1cccc(Cl)c1Cl. The molecule has 1 aliphatic heterocycles. The summed E-state index contributed by atoms with van der Waals surface area (Å²) in [6.45, 7) is 1.49. The van der Waals surface area contributed by atoms with E-state index in [2.05, 4.69) is 16.8 Å². The predicted octanol–water partition coefficient (Wildman–Crippen LogP) is 3.59. The minimum atomic E-state index is -0.00139. The van der Waals surface area contributed by atoms with Gasteiger partial charge in [0.25, 0.3) is 5.91 Å². The van der Waals surface area contributed by atoms with Crippen molar-refractivity contribution in [2.24, 2.45) is 5.92 Å². The molecule has 2 N–H and O–H groups in total. The number of fused-ring (bicyclic) bond motifs is 1. The molecule has 0 radical (unpaired) electrons. The van der Waals surface area contributed by atoms with E-state index in [1.807, 2.05) is 11.3 Å². The third-order valence-corrected chi connectivity index (χ3v) is 6.75. The monoisotopic (exact) mass is 381 g/mol. The fraction of sp³-hybridized carbons (Fsp3) is 0.389. The zero-order valence-electron chi connectivity index (χ0n) is 13.1. The van der Waals surface area contributed by atoms with Crippen LogP contribution in [0.4, 0.5) is 5.69 Å². The summed E-state index contributed by atoms with van der Waals surface area (Å²) in [5.41, 5.74) is 2.06. The Hall–Kier alpha value is -1.07. The van der Waals surface area contributed by atoms with Crippen LogP contribution in [0.3, 0.4) is 0 Å². The molecule has 2 aliphatic rings. The van der Waals surface area contributed by atoms with Crippen LogP contribution >= 0.6 is 34.5 Å². The lowest BCUT2D eigenvalue weighted by Gasteiger charge is -2.32. The number of nitrogens with one attached hydrogen (secondary N) is 2. The van der Waals surface area contributed by atoms with E-state index in [4.69, 9.17) is 23.2 Å². The van der Waals surface area contributed by atoms with E-state index < -0.39 is 0 Å². The third-order valence-electron chi connectivity index (χ3n) is 4.93. The molecule has 4 rings (SSSR count). The van der Waals surface area contributed by atoms with Crippen molar-refractivity contribution in [1.82, 2.24) is 0 Å². The molecule has 2 heterocycles. The highest BCUT2D eigenvalue weighted by Crippen LogP contribution is 2.42. The topological polar surface area (TPSA) is 33.5 Å². The van der Waals surface area contributed by atoms with E-state index in [1.165, 1.54) is 28.2 Å². The van der Waals surface area contributed by atoms with Crippen molar-refractivity contribution in [1.29, 1.82) is 0 Å². The van der Waals surface area contributed by atoms with Gasteiger partial charge in [-0.2, -0.15) is 0 Å². The fourth-order valence-corrected chi connectivity index (χ4v) is 4.97. The van der Waals surface area contributed by atoms with Crippen LogP contribution in [-0.2, 0) is 11.2 Å². The molecule has 0 bridgehead atoms. The molecule has 1 aliphatic carbocycles. The van der Waals surface area contributed by atoms with Gasteiger partial charge in [0.05, 0.1) is 22.3 Å². The van der Waals surface area contributed by atoms with Crippen molar-refractivity contribution < 1.29 is 9.69 Å². The lowest BCUT2D eigenvalue weighted by molar-refractivity contribution is -0.928. The number of anilines is 1. The number of amides is 1. The third kappa shape index (κ3) is 3.21. The lowest BCUT2D eigenvalue weighted by atomic mass is 9.96. The van der Waals surface area contributed by atoms with Crippen LogP contribution in [0.15, 0.2) is 29.6 Å². The maximum absolute atomic E-state index is 12.6. The molecule has 6 heteroatoms. The summed E-state index contributed by atoms with van der Waals surface area (Å²) in [7, 11) is 0. The van der Waals surface area contributed by atoms with Gasteiger partial charge in [-0.15, -0.1) is 11.3 Å². The molecule has 24 heavy (non-hydrogen) atoms. The van der Waals surface area contributed by atoms with Crippen LogP contribution in [0, 0.1) is 5.92 Å². The first kappa shape index (κ1) is 16.4. The van der Waals surface area contributed by atoms with Gasteiger partial charge < -0.3 is 10.2 Å². The van der Waals surface area contributed by atoms with E-state index in [9.17, 15) is 4.79 Å². The molecule has 3 nitrogen and oxygen atoms in total. The molecule has 1 aromatic heterocycles. The van der Waals surface area contributed by atoms with Crippen LogP contribution in [-0.4, -0.2) is 19.0 Å². The molecule has 126 valence electrons. The standard InChI is InChI=1S/C18H18Cl2N2OS/c19-13-2-1-3-14(17(13)20)21-16(23)10-22-8-6-15-12(7-9-24-15)18(22)11-4-5-11/h1-3,7,9,11,18H,4-6,8,10H2,(H,21,23)/p+1/t18-/m1/s1. The number of thiophene rings is 1. The van der Waals surface area contributed by atoms with Crippen molar-refractivity contribution in [2.45, 2.75) is 25.3 Å². The van der Waals surface area contributed by atoms with E-state index in [0.717, 1.165) is 18.9 Å². The van der Waals surface area contributed by atoms with E-state index in [0.29, 0.717) is 28.3 Å². The van der Waals surface area contributed by atoms with E-state index in [1.54, 1.807) is 18.2 Å². The molecule has 1 saturated carbocycles. The van der Waals surface area contributed by atoms with Crippen molar-refractivity contribution in [3.63, 3.8) is 0 Å². The maximum atomic E-state index is 12.6. The smallest absolute Gasteiger partial charge is 0.279 e. The molecule has 1 unspecified atom stereocenters. The minimum absolute atomic E-state index is 0.00139. The molecular weight excluding hydrogens is 363 g/mol. The highest BCUT2D eigenvalue weighted by Gasteiger charge is 2.43. The van der Waals surface area contributed by atoms with Gasteiger partial charge in [-0.3, -0.25) is 4.79 Å². The Labute approximate surface area is 155 Å². The maximum Gasteiger partial charge on any atom is 0.279 e. The number of quaternary nitrogens is 1. The molecule has 1 aromatic carbocycles. The van der Waals surface area contributed by atoms with Crippen LogP contribution in [0.5, 0.6) is 0 Å². The summed E-state index contributed by atoms with van der Waals surface area (Å²) in [4.78, 5) is 15.4. The predicted molar refractivity (Wildman–Crippen MR) is 99.3 cm³/mol. The number of carbonyl (C=O) groups excluding carboxylic acids is 1. The second kappa shape index (κ2) is 6.68. The number of hydrogen-bond donors (Lipinski definition) is 2. The Balaban J connectivity index is 1.48. The molecular formula is C18H19Cl2N2OS+. The molecule has 0 saturated heterocycles. The minimum Gasteiger partial charge on any atom is -0.320 e. The quantitative estimate of drug-likeness (QED) is 0.833. The van der Waals surface area contributed by atoms with Gasteiger partial charge in [-0.05, 0) is 36.4 Å². The van der Waals surface area contributed by atoms with Crippen molar-refractivity contribution in [3.8, 4) is 0 Å². The summed E-state index contributed by atoms with van der Waals surface area (Å²) >= 11 is 14.0. The molecule has 0 spiro atoms. The lowest BCUT2D eigenvalue weighted by Crippen LogP contribution is -3.14. The number of benzene rings is 1. The number of carbonyl (C=O) groups is 1. The second-order valence-electron chi connectivity index (χ2n) is 6.60. The first-order valence-electron chi connectivity index (χ1n) is 8.28. The van der Waals surface area contributed by atoms with Gasteiger partial charge in [0.1, 0.15) is 6.04 Å². The highest BCUT2D eigenvalue weighted by atomic mass is 35.5. The number of halogens is 2. The van der Waals surface area contributed by atoms with Gasteiger partial charge in [0.15, 0.2) is 6.54 Å². The van der Waals surface area contributed by atoms with Gasteiger partial charge in [-0.25, -0.2) is 0 Å². The summed E-state index contributed by atoms with van der Waals surface area (Å²) in [5.74, 6) is 0.731. The zero-order chi connectivity index (χ0) is 16.7. The van der Waals surface area contributed by atoms with E-state index in [-0.39, 0.29) is 5.91 Å². The highest BCUT2D eigenvalue weighted by molar-refractivity contribution is 7.10. The fourth-order valence-electron chi connectivity index (χ4n) is 3.70. The summed E-state index contributed by atoms with van der Waals surface area (Å²) in [6.07, 6.45) is 3.63. The normalized spacial score (nSPS) is 22.9. The van der Waals surface area contributed by atoms with Crippen LogP contribution in [0.1, 0.15) is 29.3 Å². The summed E-state index contributed by atoms with van der Waals surface area (Å²) in [5, 5.41) is 5.97. The molecule has 2 aromatic rings. The molecule has 1 amide bonds. The first-order chi connectivity index (χ1) is 11.6. The largest absolute Gasteiger partial charge is 0.320 e. The summed E-state index contributed by atoms with van der Waals surface area (Å²) < 4.78 is 0. The van der Waals surface area contributed by atoms with Crippen LogP contribution in [0.2, 0.25) is 10.0 Å². The van der Waals surface area contributed by atoms with Gasteiger partial charge >= 0.3 is 0 Å². The van der Waals surface area contributed by atoms with Crippen molar-refractivity contribution >= 4 is 46.1 Å². The average molecular weight is 382 g/mol. The van der Waals surface area contributed by atoms with E-state index >= 15 is 0 Å². The van der Waals surface area contributed by atoms with Crippen molar-refractivity contribution in [2.75, 3.05) is 18.4 Å². The average Bonchev–Trinajstić information content (AvgIpc) is 3.28. The first-order valence-corrected chi connectivity index (χ1v) is 9.91. The van der Waals surface area contributed by atoms with Crippen LogP contribution in [0.25, 0.3) is 0 Å².